The minimum atomic E-state index is -1.04. The zero-order valence-corrected chi connectivity index (χ0v) is 50.0. The maximum absolute atomic E-state index is 12.3. The first kappa shape index (κ1) is 62.3. The summed E-state index contributed by atoms with van der Waals surface area (Å²) in [6, 6.07) is 42.8. The van der Waals surface area contributed by atoms with Crippen molar-refractivity contribution >= 4 is 11.9 Å². The van der Waals surface area contributed by atoms with Gasteiger partial charge in [0, 0.05) is 84.8 Å². The number of carboxylic acid groups (broad SMARTS) is 1. The van der Waals surface area contributed by atoms with E-state index >= 15 is 0 Å². The van der Waals surface area contributed by atoms with Gasteiger partial charge in [-0.05, 0) is 103 Å². The number of carbonyl (C=O) groups is 2. The smallest absolute Gasteiger partial charge is 0.341 e. The Labute approximate surface area is 503 Å². The van der Waals surface area contributed by atoms with Gasteiger partial charge in [0.1, 0.15) is 75.2 Å². The number of methoxy groups -OCH3 is 1. The average Bonchev–Trinajstić information content (AvgIpc) is 2.51. The lowest BCUT2D eigenvalue weighted by Gasteiger charge is -2.18. The topological polar surface area (TPSA) is 184 Å². The molecule has 16 nitrogen and oxygen atoms in total. The number of carboxylic acids is 1. The molecule has 0 aliphatic carbocycles. The van der Waals surface area contributed by atoms with Gasteiger partial charge in [-0.15, -0.1) is 0 Å². The second-order valence-electron chi connectivity index (χ2n) is 20.3. The van der Waals surface area contributed by atoms with Gasteiger partial charge in [-0.25, -0.2) is 9.59 Å². The van der Waals surface area contributed by atoms with Crippen molar-refractivity contribution < 1.29 is 57.7 Å². The van der Waals surface area contributed by atoms with Crippen LogP contribution in [-0.4, -0.2) is 75.2 Å². The Morgan fingerprint density at radius 2 is 0.942 bits per heavy atom. The molecule has 0 aliphatic rings. The summed E-state index contributed by atoms with van der Waals surface area (Å²) in [5, 5.41) is 28.7. The second-order valence-corrected chi connectivity index (χ2v) is 20.3. The monoisotopic (exact) mass is 1160 g/mol. The minimum absolute atomic E-state index is 0.106. The highest BCUT2D eigenvalue weighted by atomic mass is 16.5. The molecular formula is C70H76N4O12. The van der Waals surface area contributed by atoms with Crippen molar-refractivity contribution in [3.05, 3.63) is 203 Å². The standard InChI is InChI=1S/C39H42N2O6.C31H34N2O6/c1-5-14-31-34(19-12-20-35(31)47-36-18-11-10-17-32(36)39(42)43-4)44-21-13-22-45-37-24-38(46-27-28-15-8-7-9-16-28)33(23-29(37)6-2)30-25-40-41(3)26-30;1-4-10-23-27(13-8-14-28(23)39-29-12-7-6-11-24(29)31(35)36)37-15-9-16-38-30-18-26(34)25(17-21(30)5-2)22-19-32-33(3)20-22/h7-12,15-20,23-26H,5-6,13-14,21-22,27H2,1-4H3;6-8,11-14,17-20,34H,4-5,9-10,15-16H2,1-3H3,(H,35,36). The number of phenolic OH excluding ortho intramolecular Hbond substituents is 1. The van der Waals surface area contributed by atoms with E-state index in [-0.39, 0.29) is 17.1 Å². The van der Waals surface area contributed by atoms with Crippen LogP contribution in [0, 0.1) is 0 Å². The number of ether oxygens (including phenoxy) is 8. The van der Waals surface area contributed by atoms with Gasteiger partial charge in [0.15, 0.2) is 0 Å². The van der Waals surface area contributed by atoms with E-state index < -0.39 is 11.9 Å². The fourth-order valence-electron chi connectivity index (χ4n) is 9.67. The number of aromatic nitrogens is 4. The summed E-state index contributed by atoms with van der Waals surface area (Å²) >= 11 is 0. The highest BCUT2D eigenvalue weighted by Crippen LogP contribution is 2.40. The average molecular weight is 1170 g/mol. The minimum Gasteiger partial charge on any atom is -0.507 e. The molecule has 7 aromatic carbocycles. The number of hydrogen-bond acceptors (Lipinski definition) is 13. The first-order valence-electron chi connectivity index (χ1n) is 29.2. The van der Waals surface area contributed by atoms with Crippen LogP contribution >= 0.6 is 0 Å². The first-order valence-corrected chi connectivity index (χ1v) is 29.2. The molecule has 86 heavy (non-hydrogen) atoms. The quantitative estimate of drug-likeness (QED) is 0.0333. The number of benzene rings is 7. The normalized spacial score (nSPS) is 10.8. The number of nitrogens with zero attached hydrogens (tertiary/aromatic N) is 4. The maximum atomic E-state index is 12.3. The molecule has 448 valence electrons. The summed E-state index contributed by atoms with van der Waals surface area (Å²) in [6.07, 6.45) is 13.6. The van der Waals surface area contributed by atoms with E-state index in [0.717, 1.165) is 106 Å². The number of carbonyl (C=O) groups excluding carboxylic acids is 1. The van der Waals surface area contributed by atoms with Crippen molar-refractivity contribution in [1.82, 2.24) is 19.6 Å². The van der Waals surface area contributed by atoms with Crippen LogP contribution in [0.25, 0.3) is 22.3 Å². The van der Waals surface area contributed by atoms with Crippen LogP contribution in [0.5, 0.6) is 57.5 Å². The van der Waals surface area contributed by atoms with E-state index in [1.807, 2.05) is 105 Å². The van der Waals surface area contributed by atoms with E-state index in [0.29, 0.717) is 80.2 Å². The summed E-state index contributed by atoms with van der Waals surface area (Å²) in [5.41, 5.74) is 9.08. The molecule has 9 aromatic rings. The lowest BCUT2D eigenvalue weighted by Crippen LogP contribution is -2.08. The van der Waals surface area contributed by atoms with Crippen molar-refractivity contribution in [2.24, 2.45) is 14.1 Å². The molecule has 0 fully saturated rings. The number of aryl methyl sites for hydroxylation is 4. The van der Waals surface area contributed by atoms with Gasteiger partial charge in [-0.3, -0.25) is 9.36 Å². The lowest BCUT2D eigenvalue weighted by atomic mass is 10.0. The predicted molar refractivity (Wildman–Crippen MR) is 332 cm³/mol. The zero-order chi connectivity index (χ0) is 60.8. The number of esters is 1. The summed E-state index contributed by atoms with van der Waals surface area (Å²) in [7, 11) is 5.11. The molecular weight excluding hydrogens is 1090 g/mol. The Morgan fingerprint density at radius 3 is 1.44 bits per heavy atom. The Kier molecular flexibility index (Phi) is 22.7. The predicted octanol–water partition coefficient (Wildman–Crippen LogP) is 15.3. The number of para-hydroxylation sites is 2. The van der Waals surface area contributed by atoms with Gasteiger partial charge < -0.3 is 48.1 Å². The SMILES string of the molecule is CCCc1c(OCCCOc2cc(O)c(-c3cnn(C)c3)cc2CC)cccc1Oc1ccccc1C(=O)O.CCCc1c(OCCCOc2cc(OCc3ccccc3)c(-c3cnn(C)c3)cc2CC)cccc1Oc1ccccc1C(=O)OC. The highest BCUT2D eigenvalue weighted by molar-refractivity contribution is 5.92. The molecule has 9 rings (SSSR count). The van der Waals surface area contributed by atoms with Crippen LogP contribution in [0.1, 0.15) is 102 Å². The summed E-state index contributed by atoms with van der Waals surface area (Å²) in [6.45, 7) is 10.6. The van der Waals surface area contributed by atoms with Gasteiger partial charge >= 0.3 is 11.9 Å². The van der Waals surface area contributed by atoms with Crippen LogP contribution in [0.4, 0.5) is 0 Å². The fraction of sp³-hybridized carbons (Fsp3) is 0.286. The third kappa shape index (κ3) is 16.6. The van der Waals surface area contributed by atoms with E-state index in [1.165, 1.54) is 13.2 Å². The molecule has 0 aliphatic heterocycles. The number of hydrogen-bond donors (Lipinski definition) is 2. The molecule has 2 N–H and O–H groups in total. The summed E-state index contributed by atoms with van der Waals surface area (Å²) in [5.74, 6) is 4.29. The van der Waals surface area contributed by atoms with Crippen LogP contribution < -0.4 is 33.2 Å². The van der Waals surface area contributed by atoms with Crippen LogP contribution in [0.15, 0.2) is 164 Å². The third-order valence-electron chi connectivity index (χ3n) is 14.0. The molecule has 0 spiro atoms. The molecule has 2 aromatic heterocycles. The maximum Gasteiger partial charge on any atom is 0.341 e. The van der Waals surface area contributed by atoms with Crippen molar-refractivity contribution in [3.63, 3.8) is 0 Å². The first-order chi connectivity index (χ1) is 41.9. The van der Waals surface area contributed by atoms with Crippen molar-refractivity contribution in [3.8, 4) is 79.7 Å². The van der Waals surface area contributed by atoms with Crippen molar-refractivity contribution in [2.75, 3.05) is 33.5 Å². The number of rotatable bonds is 29. The molecule has 0 amide bonds. The molecule has 0 saturated heterocycles. The van der Waals surface area contributed by atoms with Crippen LogP contribution in [-0.2, 0) is 51.1 Å². The Morgan fingerprint density at radius 1 is 0.488 bits per heavy atom. The van der Waals surface area contributed by atoms with Crippen molar-refractivity contribution in [2.45, 2.75) is 85.7 Å². The largest absolute Gasteiger partial charge is 0.507 e. The van der Waals surface area contributed by atoms with Gasteiger partial charge in [-0.1, -0.05) is 107 Å². The van der Waals surface area contributed by atoms with Gasteiger partial charge in [-0.2, -0.15) is 10.2 Å². The molecule has 2 heterocycles. The van der Waals surface area contributed by atoms with Gasteiger partial charge in [0.2, 0.25) is 0 Å². The van der Waals surface area contributed by atoms with Crippen LogP contribution in [0.2, 0.25) is 0 Å². The van der Waals surface area contributed by atoms with Gasteiger partial charge in [0.05, 0.1) is 45.9 Å². The molecule has 0 saturated carbocycles. The molecule has 16 heteroatoms. The lowest BCUT2D eigenvalue weighted by molar-refractivity contribution is 0.0596. The second kappa shape index (κ2) is 31.3. The summed E-state index contributed by atoms with van der Waals surface area (Å²) < 4.78 is 51.8. The highest BCUT2D eigenvalue weighted by Gasteiger charge is 2.20. The number of phenols is 1. The Balaban J connectivity index is 0.000000227. The number of aromatic hydroxyl groups is 1. The molecule has 0 unspecified atom stereocenters. The Bertz CT molecular complexity index is 3670. The van der Waals surface area contributed by atoms with E-state index in [1.54, 1.807) is 58.0 Å². The zero-order valence-electron chi connectivity index (χ0n) is 50.0. The van der Waals surface area contributed by atoms with Crippen molar-refractivity contribution in [1.29, 1.82) is 0 Å². The fourth-order valence-corrected chi connectivity index (χ4v) is 9.67. The van der Waals surface area contributed by atoms with Crippen LogP contribution in [0.3, 0.4) is 0 Å². The summed E-state index contributed by atoms with van der Waals surface area (Å²) in [4.78, 5) is 23.9. The molecule has 0 bridgehead atoms. The third-order valence-corrected chi connectivity index (χ3v) is 14.0. The Hall–Kier alpha value is -9.70. The molecule has 0 radical (unpaired) electrons. The van der Waals surface area contributed by atoms with E-state index in [9.17, 15) is 19.8 Å². The van der Waals surface area contributed by atoms with Gasteiger partial charge in [0.25, 0.3) is 0 Å². The number of aromatic carboxylic acids is 1. The van der Waals surface area contributed by atoms with E-state index in [4.69, 9.17) is 37.9 Å². The van der Waals surface area contributed by atoms with E-state index in [2.05, 4.69) is 56.1 Å². The molecule has 0 atom stereocenters.